The molecule has 1 aromatic rings. The van der Waals surface area contributed by atoms with Gasteiger partial charge in [0.15, 0.2) is 0 Å². The number of aryl methyl sites for hydroxylation is 1. The quantitative estimate of drug-likeness (QED) is 0.770. The lowest BCUT2D eigenvalue weighted by Gasteiger charge is -2.13. The number of benzene rings is 1. The van der Waals surface area contributed by atoms with Gasteiger partial charge in [-0.3, -0.25) is 0 Å². The number of carbonyl (C=O) groups is 2. The van der Waals surface area contributed by atoms with E-state index in [-0.39, 0.29) is 12.1 Å². The molecule has 98 valence electrons. The van der Waals surface area contributed by atoms with E-state index in [2.05, 4.69) is 10.6 Å². The number of amides is 2. The Hall–Kier alpha value is -2.11. The van der Waals surface area contributed by atoms with Crippen molar-refractivity contribution in [2.45, 2.75) is 26.3 Å². The molecule has 0 aliphatic carbocycles. The number of nitrogens with one attached hydrogen (secondary N) is 2. The predicted octanol–water partition coefficient (Wildman–Crippen LogP) is 2.12. The Bertz CT molecular complexity index is 442. The van der Waals surface area contributed by atoms with Crippen LogP contribution in [0.2, 0.25) is 0 Å². The number of anilines is 1. The van der Waals surface area contributed by atoms with Crippen molar-refractivity contribution in [3.63, 3.8) is 0 Å². The van der Waals surface area contributed by atoms with Gasteiger partial charge in [-0.25, -0.2) is 14.0 Å². The van der Waals surface area contributed by atoms with Crippen LogP contribution < -0.4 is 10.6 Å². The lowest BCUT2D eigenvalue weighted by molar-refractivity contribution is -0.139. The number of rotatable bonds is 4. The van der Waals surface area contributed by atoms with E-state index in [1.165, 1.54) is 6.07 Å². The fraction of sp³-hybridized carbons (Fsp3) is 0.333. The maximum atomic E-state index is 13.1. The summed E-state index contributed by atoms with van der Waals surface area (Å²) in [5.74, 6) is -1.57. The molecule has 0 fully saturated rings. The summed E-state index contributed by atoms with van der Waals surface area (Å²) in [6, 6.07) is 2.45. The fourth-order valence-corrected chi connectivity index (χ4v) is 1.47. The number of carbonyl (C=O) groups excluding carboxylic acids is 1. The van der Waals surface area contributed by atoms with Gasteiger partial charge in [-0.2, -0.15) is 0 Å². The molecule has 3 N–H and O–H groups in total. The first-order valence-corrected chi connectivity index (χ1v) is 5.50. The maximum Gasteiger partial charge on any atom is 0.326 e. The molecule has 18 heavy (non-hydrogen) atoms. The van der Waals surface area contributed by atoms with Crippen LogP contribution >= 0.6 is 0 Å². The van der Waals surface area contributed by atoms with Crippen LogP contribution in [-0.2, 0) is 4.79 Å². The highest BCUT2D eigenvalue weighted by Crippen LogP contribution is 2.13. The zero-order valence-corrected chi connectivity index (χ0v) is 10.2. The lowest BCUT2D eigenvalue weighted by Crippen LogP contribution is -2.42. The number of aliphatic carboxylic acids is 1. The van der Waals surface area contributed by atoms with Crippen LogP contribution in [0.5, 0.6) is 0 Å². The maximum absolute atomic E-state index is 13.1. The van der Waals surface area contributed by atoms with Crippen LogP contribution in [0.15, 0.2) is 18.2 Å². The smallest absolute Gasteiger partial charge is 0.326 e. The van der Waals surface area contributed by atoms with Crippen molar-refractivity contribution in [3.05, 3.63) is 29.6 Å². The van der Waals surface area contributed by atoms with Crippen LogP contribution in [0.4, 0.5) is 14.9 Å². The Morgan fingerprint density at radius 2 is 2.06 bits per heavy atom. The number of urea groups is 1. The van der Waals surface area contributed by atoms with E-state index in [1.54, 1.807) is 19.9 Å². The van der Waals surface area contributed by atoms with Crippen molar-refractivity contribution < 1.29 is 19.1 Å². The number of carboxylic acid groups (broad SMARTS) is 1. The third-order valence-electron chi connectivity index (χ3n) is 2.31. The van der Waals surface area contributed by atoms with Crippen LogP contribution in [0.3, 0.4) is 0 Å². The molecule has 2 amide bonds. The SMILES string of the molecule is CC[C@@H](NC(=O)Nc1cc(C)cc(F)c1)C(=O)O. The average molecular weight is 254 g/mol. The highest BCUT2D eigenvalue weighted by molar-refractivity contribution is 5.92. The van der Waals surface area contributed by atoms with E-state index in [1.807, 2.05) is 0 Å². The molecule has 0 unspecified atom stereocenters. The summed E-state index contributed by atoms with van der Waals surface area (Å²) in [7, 11) is 0. The number of hydrogen-bond acceptors (Lipinski definition) is 2. The molecule has 0 bridgehead atoms. The summed E-state index contributed by atoms with van der Waals surface area (Å²) < 4.78 is 13.1. The first-order valence-electron chi connectivity index (χ1n) is 5.50. The summed E-state index contributed by atoms with van der Waals surface area (Å²) >= 11 is 0. The van der Waals surface area contributed by atoms with Crippen molar-refractivity contribution in [1.29, 1.82) is 0 Å². The van der Waals surface area contributed by atoms with Gasteiger partial charge in [0, 0.05) is 5.69 Å². The average Bonchev–Trinajstić information content (AvgIpc) is 2.23. The normalized spacial score (nSPS) is 11.7. The first kappa shape index (κ1) is 14.0. The second kappa shape index (κ2) is 6.00. The molecular weight excluding hydrogens is 239 g/mol. The summed E-state index contributed by atoms with van der Waals surface area (Å²) in [5.41, 5.74) is 0.945. The minimum Gasteiger partial charge on any atom is -0.480 e. The molecule has 0 heterocycles. The Morgan fingerprint density at radius 3 is 2.56 bits per heavy atom. The molecule has 0 saturated carbocycles. The van der Waals surface area contributed by atoms with Gasteiger partial charge in [0.1, 0.15) is 11.9 Å². The summed E-state index contributed by atoms with van der Waals surface area (Å²) in [6.07, 6.45) is 0.269. The van der Waals surface area contributed by atoms with Gasteiger partial charge in [-0.1, -0.05) is 6.92 Å². The molecule has 0 aliphatic heterocycles. The predicted molar refractivity (Wildman–Crippen MR) is 65.0 cm³/mol. The van der Waals surface area contributed by atoms with E-state index in [0.29, 0.717) is 5.56 Å². The Labute approximate surface area is 104 Å². The van der Waals surface area contributed by atoms with Crippen molar-refractivity contribution >= 4 is 17.7 Å². The van der Waals surface area contributed by atoms with Gasteiger partial charge in [0.2, 0.25) is 0 Å². The monoisotopic (exact) mass is 254 g/mol. The summed E-state index contributed by atoms with van der Waals surface area (Å²) in [6.45, 7) is 3.34. The van der Waals surface area contributed by atoms with Gasteiger partial charge in [-0.05, 0) is 37.1 Å². The van der Waals surface area contributed by atoms with Crippen LogP contribution in [-0.4, -0.2) is 23.1 Å². The third-order valence-corrected chi connectivity index (χ3v) is 2.31. The lowest BCUT2D eigenvalue weighted by atomic mass is 10.2. The minimum atomic E-state index is -1.11. The van der Waals surface area contributed by atoms with E-state index in [0.717, 1.165) is 6.07 Å². The first-order chi connectivity index (χ1) is 8.42. The van der Waals surface area contributed by atoms with E-state index in [9.17, 15) is 14.0 Å². The molecule has 1 aromatic carbocycles. The summed E-state index contributed by atoms with van der Waals surface area (Å²) in [4.78, 5) is 22.2. The molecule has 6 heteroatoms. The van der Waals surface area contributed by atoms with E-state index in [4.69, 9.17) is 5.11 Å². The molecule has 0 aromatic heterocycles. The Morgan fingerprint density at radius 1 is 1.39 bits per heavy atom. The van der Waals surface area contributed by atoms with Gasteiger partial charge < -0.3 is 15.7 Å². The molecule has 0 spiro atoms. The Balaban J connectivity index is 2.67. The number of hydrogen-bond donors (Lipinski definition) is 3. The zero-order valence-electron chi connectivity index (χ0n) is 10.2. The third kappa shape index (κ3) is 4.04. The molecule has 0 saturated heterocycles. The Kier molecular flexibility index (Phi) is 4.65. The summed E-state index contributed by atoms with van der Waals surface area (Å²) in [5, 5.41) is 13.4. The molecule has 1 atom stereocenters. The van der Waals surface area contributed by atoms with Crippen LogP contribution in [0.1, 0.15) is 18.9 Å². The molecule has 0 aliphatic rings. The molecule has 1 rings (SSSR count). The number of carboxylic acids is 1. The van der Waals surface area contributed by atoms with Gasteiger partial charge in [-0.15, -0.1) is 0 Å². The van der Waals surface area contributed by atoms with Gasteiger partial charge in [0.05, 0.1) is 0 Å². The van der Waals surface area contributed by atoms with Crippen molar-refractivity contribution in [3.8, 4) is 0 Å². The van der Waals surface area contributed by atoms with E-state index >= 15 is 0 Å². The largest absolute Gasteiger partial charge is 0.480 e. The molecule has 5 nitrogen and oxygen atoms in total. The topological polar surface area (TPSA) is 78.4 Å². The fourth-order valence-electron chi connectivity index (χ4n) is 1.47. The standard InChI is InChI=1S/C12H15FN2O3/c1-3-10(11(16)17)15-12(18)14-9-5-7(2)4-8(13)6-9/h4-6,10H,3H2,1-2H3,(H,16,17)(H2,14,15,18)/t10-/m1/s1. The zero-order chi connectivity index (χ0) is 13.7. The van der Waals surface area contributed by atoms with Crippen LogP contribution in [0.25, 0.3) is 0 Å². The minimum absolute atomic E-state index is 0.269. The van der Waals surface area contributed by atoms with E-state index < -0.39 is 23.9 Å². The van der Waals surface area contributed by atoms with Crippen molar-refractivity contribution in [2.75, 3.05) is 5.32 Å². The van der Waals surface area contributed by atoms with Crippen LogP contribution in [0, 0.1) is 12.7 Å². The van der Waals surface area contributed by atoms with Gasteiger partial charge in [0.25, 0.3) is 0 Å². The van der Waals surface area contributed by atoms with Crippen molar-refractivity contribution in [2.24, 2.45) is 0 Å². The second-order valence-electron chi connectivity index (χ2n) is 3.91. The number of halogens is 1. The molecular formula is C12H15FN2O3. The van der Waals surface area contributed by atoms with Crippen molar-refractivity contribution in [1.82, 2.24) is 5.32 Å². The highest BCUT2D eigenvalue weighted by Gasteiger charge is 2.17. The highest BCUT2D eigenvalue weighted by atomic mass is 19.1. The van der Waals surface area contributed by atoms with Gasteiger partial charge >= 0.3 is 12.0 Å². The molecule has 0 radical (unpaired) electrons. The second-order valence-corrected chi connectivity index (χ2v) is 3.91.